The van der Waals surface area contributed by atoms with E-state index >= 15 is 0 Å². The number of thiophene rings is 1. The zero-order valence-corrected chi connectivity index (χ0v) is 17.0. The number of nitrogens with one attached hydrogen (secondary N) is 3. The second kappa shape index (κ2) is 9.93. The molecule has 1 heterocycles. The molecule has 1 aromatic heterocycles. The van der Waals surface area contributed by atoms with Gasteiger partial charge >= 0.3 is 5.97 Å². The van der Waals surface area contributed by atoms with Crippen molar-refractivity contribution in [2.24, 2.45) is 5.92 Å². The number of carbonyl (C=O) groups is 3. The minimum atomic E-state index is -1.26. The van der Waals surface area contributed by atoms with Gasteiger partial charge in [0.15, 0.2) is 5.57 Å². The Morgan fingerprint density at radius 1 is 1.00 bits per heavy atom. The summed E-state index contributed by atoms with van der Waals surface area (Å²) in [7, 11) is 0. The predicted molar refractivity (Wildman–Crippen MR) is 114 cm³/mol. The zero-order valence-electron chi connectivity index (χ0n) is 16.2. The molecule has 1 saturated carbocycles. The Morgan fingerprint density at radius 2 is 1.70 bits per heavy atom. The van der Waals surface area contributed by atoms with E-state index in [1.807, 2.05) is 29.6 Å². The lowest BCUT2D eigenvalue weighted by Crippen LogP contribution is -2.39. The summed E-state index contributed by atoms with van der Waals surface area (Å²) in [5.74, 6) is -3.05. The monoisotopic (exact) mass is 429 g/mol. The number of carbonyl (C=O) groups excluding carboxylic acids is 2. The van der Waals surface area contributed by atoms with Gasteiger partial charge < -0.3 is 26.2 Å². The van der Waals surface area contributed by atoms with Crippen LogP contribution in [0.4, 0.5) is 5.69 Å². The molecule has 0 spiro atoms. The first kappa shape index (κ1) is 21.4. The Labute approximate surface area is 177 Å². The van der Waals surface area contributed by atoms with Crippen molar-refractivity contribution < 1.29 is 24.6 Å². The molecule has 30 heavy (non-hydrogen) atoms. The summed E-state index contributed by atoms with van der Waals surface area (Å²) >= 11 is 1.60. The Bertz CT molecular complexity index is 934. The molecule has 0 unspecified atom stereocenters. The van der Waals surface area contributed by atoms with Gasteiger partial charge in [-0.1, -0.05) is 31.0 Å². The zero-order chi connectivity index (χ0) is 21.5. The molecule has 8 nitrogen and oxygen atoms in total. The maximum Gasteiger partial charge on any atom is 0.322 e. The number of hydrogen-bond donors (Lipinski definition) is 5. The van der Waals surface area contributed by atoms with Gasteiger partial charge in [0.2, 0.25) is 5.88 Å². The van der Waals surface area contributed by atoms with Crippen LogP contribution in [0.15, 0.2) is 53.2 Å². The smallest absolute Gasteiger partial charge is 0.322 e. The minimum Gasteiger partial charge on any atom is -0.494 e. The number of carboxylic acids is 1. The van der Waals surface area contributed by atoms with Gasteiger partial charge in [-0.2, -0.15) is 0 Å². The van der Waals surface area contributed by atoms with Crippen molar-refractivity contribution in [1.82, 2.24) is 10.6 Å². The van der Waals surface area contributed by atoms with Crippen molar-refractivity contribution in [3.63, 3.8) is 0 Å². The van der Waals surface area contributed by atoms with Crippen LogP contribution in [0.25, 0.3) is 10.4 Å². The predicted octanol–water partition coefficient (Wildman–Crippen LogP) is 2.71. The number of anilines is 1. The first-order chi connectivity index (χ1) is 14.4. The number of aliphatic hydroxyl groups excluding tert-OH is 1. The highest BCUT2D eigenvalue weighted by molar-refractivity contribution is 7.13. The first-order valence-corrected chi connectivity index (χ1v) is 10.4. The molecule has 2 amide bonds. The fourth-order valence-corrected chi connectivity index (χ4v) is 3.54. The number of aliphatic hydroxyl groups is 1. The molecule has 0 saturated heterocycles. The normalized spacial score (nSPS) is 13.9. The van der Waals surface area contributed by atoms with Crippen molar-refractivity contribution in [3.8, 4) is 10.4 Å². The van der Waals surface area contributed by atoms with Gasteiger partial charge in [-0.3, -0.25) is 14.4 Å². The van der Waals surface area contributed by atoms with Gasteiger partial charge in [0.1, 0.15) is 6.54 Å². The fourth-order valence-electron chi connectivity index (χ4n) is 2.81. The van der Waals surface area contributed by atoms with Gasteiger partial charge in [-0.25, -0.2) is 0 Å². The number of carboxylic acid groups (broad SMARTS) is 1. The lowest BCUT2D eigenvalue weighted by molar-refractivity contribution is -0.137. The van der Waals surface area contributed by atoms with Crippen molar-refractivity contribution in [3.05, 3.63) is 53.2 Å². The van der Waals surface area contributed by atoms with Crippen LogP contribution in [0.5, 0.6) is 0 Å². The Morgan fingerprint density at radius 3 is 2.30 bits per heavy atom. The van der Waals surface area contributed by atoms with Crippen LogP contribution in [-0.4, -0.2) is 41.1 Å². The molecule has 0 bridgehead atoms. The molecule has 1 aromatic carbocycles. The number of amides is 2. The van der Waals surface area contributed by atoms with Gasteiger partial charge in [0.25, 0.3) is 11.8 Å². The SMILES string of the molecule is O=C(O)CNC(=O)/C(C(=O)NCCC1CC1)=C(\O)Nc1ccc(-c2cccs2)cc1. The highest BCUT2D eigenvalue weighted by Crippen LogP contribution is 2.31. The molecule has 2 aromatic rings. The van der Waals surface area contributed by atoms with Crippen LogP contribution in [0.3, 0.4) is 0 Å². The molecule has 0 aliphatic heterocycles. The summed E-state index contributed by atoms with van der Waals surface area (Å²) in [5.41, 5.74) is 0.910. The van der Waals surface area contributed by atoms with E-state index in [1.165, 1.54) is 0 Å². The third-order valence-corrected chi connectivity index (χ3v) is 5.50. The Hall–Kier alpha value is -3.33. The average Bonchev–Trinajstić information content (AvgIpc) is 3.37. The Balaban J connectivity index is 1.73. The second-order valence-corrected chi connectivity index (χ2v) is 7.92. The van der Waals surface area contributed by atoms with Crippen molar-refractivity contribution >= 4 is 34.8 Å². The summed E-state index contributed by atoms with van der Waals surface area (Å²) in [4.78, 5) is 36.7. The molecule has 1 aliphatic carbocycles. The third-order valence-electron chi connectivity index (χ3n) is 4.58. The number of aliphatic carboxylic acids is 1. The first-order valence-electron chi connectivity index (χ1n) is 9.56. The topological polar surface area (TPSA) is 128 Å². The van der Waals surface area contributed by atoms with Crippen LogP contribution in [0.2, 0.25) is 0 Å². The van der Waals surface area contributed by atoms with E-state index in [4.69, 9.17) is 5.11 Å². The van der Waals surface area contributed by atoms with Crippen LogP contribution >= 0.6 is 11.3 Å². The molecule has 5 N–H and O–H groups in total. The molecule has 0 atom stereocenters. The largest absolute Gasteiger partial charge is 0.494 e. The lowest BCUT2D eigenvalue weighted by atomic mass is 10.1. The highest BCUT2D eigenvalue weighted by Gasteiger charge is 2.26. The average molecular weight is 429 g/mol. The maximum absolute atomic E-state index is 12.5. The summed E-state index contributed by atoms with van der Waals surface area (Å²) in [6.45, 7) is -0.289. The summed E-state index contributed by atoms with van der Waals surface area (Å²) in [6.07, 6.45) is 3.06. The standard InChI is InChI=1S/C21H23N3O5S/c25-17(26)12-23-20(28)18(19(27)22-10-9-13-3-4-13)21(29)24-15-7-5-14(6-8-15)16-2-1-11-30-16/h1-2,5-8,11,13,24,29H,3-4,9-10,12H2,(H,22,27)(H,23,28)(H,25,26)/b21-18-. The number of rotatable bonds is 10. The van der Waals surface area contributed by atoms with E-state index in [-0.39, 0.29) is 0 Å². The van der Waals surface area contributed by atoms with Crippen molar-refractivity contribution in [2.75, 3.05) is 18.4 Å². The number of hydrogen-bond acceptors (Lipinski definition) is 6. The molecule has 1 aliphatic rings. The van der Waals surface area contributed by atoms with E-state index in [2.05, 4.69) is 16.0 Å². The molecule has 3 rings (SSSR count). The van der Waals surface area contributed by atoms with E-state index in [1.54, 1.807) is 23.5 Å². The van der Waals surface area contributed by atoms with E-state index in [0.717, 1.165) is 29.7 Å². The van der Waals surface area contributed by atoms with Crippen LogP contribution in [0, 0.1) is 5.92 Å². The minimum absolute atomic E-state index is 0.377. The number of benzene rings is 1. The molecule has 9 heteroatoms. The van der Waals surface area contributed by atoms with E-state index in [0.29, 0.717) is 18.2 Å². The summed E-state index contributed by atoms with van der Waals surface area (Å²) < 4.78 is 0. The molecule has 1 fully saturated rings. The second-order valence-electron chi connectivity index (χ2n) is 6.97. The van der Waals surface area contributed by atoms with Crippen molar-refractivity contribution in [2.45, 2.75) is 19.3 Å². The third kappa shape index (κ3) is 6.08. The van der Waals surface area contributed by atoms with E-state index < -0.39 is 35.8 Å². The van der Waals surface area contributed by atoms with Crippen molar-refractivity contribution in [1.29, 1.82) is 0 Å². The quantitative estimate of drug-likeness (QED) is 0.171. The van der Waals surface area contributed by atoms with E-state index in [9.17, 15) is 19.5 Å². The summed E-state index contributed by atoms with van der Waals surface area (Å²) in [6, 6.07) is 11.1. The fraction of sp³-hybridized carbons (Fsp3) is 0.286. The van der Waals surface area contributed by atoms with Gasteiger partial charge in [0, 0.05) is 17.1 Å². The van der Waals surface area contributed by atoms with Gasteiger partial charge in [-0.15, -0.1) is 11.3 Å². The Kier molecular flexibility index (Phi) is 7.08. The van der Waals surface area contributed by atoms with Crippen LogP contribution in [0.1, 0.15) is 19.3 Å². The molecule has 158 valence electrons. The van der Waals surface area contributed by atoms with Crippen LogP contribution in [-0.2, 0) is 14.4 Å². The van der Waals surface area contributed by atoms with Gasteiger partial charge in [-0.05, 0) is 41.5 Å². The van der Waals surface area contributed by atoms with Gasteiger partial charge in [0.05, 0.1) is 0 Å². The maximum atomic E-state index is 12.5. The highest BCUT2D eigenvalue weighted by atomic mass is 32.1. The molecule has 0 radical (unpaired) electrons. The summed E-state index contributed by atoms with van der Waals surface area (Å²) in [5, 5.41) is 28.5. The molecular formula is C21H23N3O5S. The lowest BCUT2D eigenvalue weighted by Gasteiger charge is -2.13. The molecular weight excluding hydrogens is 406 g/mol. The van der Waals surface area contributed by atoms with Crippen LogP contribution < -0.4 is 16.0 Å².